The van der Waals surface area contributed by atoms with Crippen LogP contribution in [0.3, 0.4) is 0 Å². The summed E-state index contributed by atoms with van der Waals surface area (Å²) in [5.41, 5.74) is 11.5. The average Bonchev–Trinajstić information content (AvgIpc) is 2.14. The van der Waals surface area contributed by atoms with Crippen molar-refractivity contribution in [2.75, 3.05) is 0 Å². The number of pyridine rings is 1. The second kappa shape index (κ2) is 15.7. The summed E-state index contributed by atoms with van der Waals surface area (Å²) in [5, 5.41) is 3.64. The lowest BCUT2D eigenvalue weighted by atomic mass is 9.88. The maximum absolute atomic E-state index is 9.24. The van der Waals surface area contributed by atoms with Crippen molar-refractivity contribution >= 4 is 82.6 Å². The summed E-state index contributed by atoms with van der Waals surface area (Å²) < 4.78 is 106. The second-order valence-corrected chi connectivity index (χ2v) is 19.8. The number of aryl methyl sites for hydroxylation is 1. The van der Waals surface area contributed by atoms with Gasteiger partial charge in [-0.2, -0.15) is 0 Å². The largest absolute Gasteiger partial charge is 0.454 e. The summed E-state index contributed by atoms with van der Waals surface area (Å²) in [5.74, 6) is 1.45. The fourth-order valence-electron chi connectivity index (χ4n) is 11.0. The molecule has 74 heavy (non-hydrogen) atoms. The standard InChI is InChI=1S/C66H47N7O/c1-41-19-17-31-55-62(41)68-65-72(55)57-38-50-48-24-11-13-28-52(48)71(56(50)39-58(57)73(65)61-35-44(33-34-67-61)66(2,3)4)59-37-45(36-51-49-25-12-16-32-60(49)74-64(51)59)69-40-70(54-30-15-14-29-53(54)69)63-46(42-20-7-5-8-21-42)26-18-27-47(63)43-22-9-6-10-23-43/h5-39H,1-4H3/i5D,6D,7D,8D,9D,10D,20D,21D,22D,23D. The fraction of sp³-hybridized carbons (Fsp3) is 0.0758. The van der Waals surface area contributed by atoms with Crippen LogP contribution in [0.5, 0.6) is 0 Å². The zero-order chi connectivity index (χ0) is 58.1. The van der Waals surface area contributed by atoms with Gasteiger partial charge in [-0.3, -0.25) is 18.1 Å². The van der Waals surface area contributed by atoms with Crippen LogP contribution in [0.15, 0.2) is 217 Å². The van der Waals surface area contributed by atoms with Crippen LogP contribution in [-0.2, 0) is 5.41 Å². The molecule has 0 aliphatic heterocycles. The normalized spacial score (nSPS) is 14.2. The SMILES string of the molecule is [2H]c1c([2H])c([2H])c(-c2cccc(-c3c([2H])c([2H])c([2H])c([2H])c3[2H])c2-[n+]2[c-]n(-c3cc(-n4c5ccccc5c5cc6c(cc54)n(-c4cc(C(C)(C)C)ccn4)c4nc5c(C)cccc5n64)c4oc5ccccc5c4c3)c3ccccc32)c([2H])c1[2H]. The Kier molecular flexibility index (Phi) is 7.06. The Labute approximate surface area is 439 Å². The third kappa shape index (κ3) is 6.18. The highest BCUT2D eigenvalue weighted by atomic mass is 16.3. The Bertz CT molecular complexity index is 5270. The van der Waals surface area contributed by atoms with Crippen molar-refractivity contribution in [3.05, 3.63) is 230 Å². The van der Waals surface area contributed by atoms with Gasteiger partial charge in [0.1, 0.15) is 11.4 Å². The van der Waals surface area contributed by atoms with Gasteiger partial charge in [0.25, 0.3) is 6.33 Å². The molecule has 0 aliphatic rings. The van der Waals surface area contributed by atoms with Gasteiger partial charge in [0.2, 0.25) is 5.78 Å². The Morgan fingerprint density at radius 1 is 0.581 bits per heavy atom. The molecule has 8 nitrogen and oxygen atoms in total. The van der Waals surface area contributed by atoms with E-state index in [1.54, 1.807) is 22.8 Å². The molecule has 0 radical (unpaired) electrons. The number of fused-ring (bicyclic) bond motifs is 12. The van der Waals surface area contributed by atoms with Gasteiger partial charge >= 0.3 is 0 Å². The molecule has 6 aromatic heterocycles. The summed E-state index contributed by atoms with van der Waals surface area (Å²) in [6, 6.07) is 42.3. The highest BCUT2D eigenvalue weighted by Crippen LogP contribution is 2.43. The second-order valence-electron chi connectivity index (χ2n) is 19.8. The fourth-order valence-corrected chi connectivity index (χ4v) is 11.0. The third-order valence-electron chi connectivity index (χ3n) is 14.5. The monoisotopic (exact) mass is 963 g/mol. The molecule has 352 valence electrons. The predicted molar refractivity (Wildman–Crippen MR) is 300 cm³/mol. The third-order valence-corrected chi connectivity index (χ3v) is 14.5. The lowest BCUT2D eigenvalue weighted by Crippen LogP contribution is -2.31. The molecule has 0 fully saturated rings. The number of aromatic nitrogens is 7. The highest BCUT2D eigenvalue weighted by molar-refractivity contribution is 6.16. The van der Waals surface area contributed by atoms with Gasteiger partial charge in [0.05, 0.1) is 74.9 Å². The summed E-state index contributed by atoms with van der Waals surface area (Å²) in [4.78, 5) is 10.4. The molecule has 15 aromatic rings. The van der Waals surface area contributed by atoms with E-state index >= 15 is 0 Å². The number of furan rings is 1. The van der Waals surface area contributed by atoms with Gasteiger partial charge in [-0.25, -0.2) is 9.97 Å². The van der Waals surface area contributed by atoms with Crippen LogP contribution in [0.4, 0.5) is 0 Å². The Morgan fingerprint density at radius 2 is 1.27 bits per heavy atom. The molecule has 0 spiro atoms. The molecule has 0 atom stereocenters. The zero-order valence-electron chi connectivity index (χ0n) is 50.5. The maximum Gasteiger partial charge on any atom is 0.269 e. The highest BCUT2D eigenvalue weighted by Gasteiger charge is 2.27. The molecular weight excluding hydrogens is 907 g/mol. The minimum atomic E-state index is -0.575. The van der Waals surface area contributed by atoms with E-state index in [1.165, 1.54) is 0 Å². The molecule has 0 unspecified atom stereocenters. The molecule has 8 heteroatoms. The zero-order valence-corrected chi connectivity index (χ0v) is 40.5. The van der Waals surface area contributed by atoms with Crippen molar-refractivity contribution in [3.63, 3.8) is 0 Å². The van der Waals surface area contributed by atoms with E-state index in [9.17, 15) is 5.48 Å². The molecule has 0 bridgehead atoms. The molecule has 0 amide bonds. The van der Waals surface area contributed by atoms with E-state index in [2.05, 4.69) is 108 Å². The first-order chi connectivity index (χ1) is 40.4. The van der Waals surface area contributed by atoms with Crippen LogP contribution in [0, 0.1) is 13.3 Å². The van der Waals surface area contributed by atoms with E-state index in [-0.39, 0.29) is 33.4 Å². The first kappa shape index (κ1) is 33.2. The number of rotatable bonds is 6. The van der Waals surface area contributed by atoms with E-state index in [4.69, 9.17) is 22.6 Å². The Hall–Kier alpha value is -9.53. The molecule has 15 rings (SSSR count). The van der Waals surface area contributed by atoms with Crippen molar-refractivity contribution < 1.29 is 22.7 Å². The number of hydrogen-bond donors (Lipinski definition) is 0. The topological polar surface area (TPSA) is 62.0 Å². The molecular formula is C66H47N7O. The van der Waals surface area contributed by atoms with Crippen molar-refractivity contribution in [1.82, 2.24) is 28.1 Å². The molecule has 0 N–H and O–H groups in total. The molecule has 9 aromatic carbocycles. The van der Waals surface area contributed by atoms with Gasteiger partial charge < -0.3 is 8.98 Å². The minimum Gasteiger partial charge on any atom is -0.454 e. The average molecular weight is 964 g/mol. The number of para-hydroxylation sites is 6. The maximum atomic E-state index is 9.24. The quantitative estimate of drug-likeness (QED) is 0.123. The minimum absolute atomic E-state index is 0.141. The van der Waals surface area contributed by atoms with E-state index in [0.717, 1.165) is 77.4 Å². The van der Waals surface area contributed by atoms with Gasteiger partial charge in [-0.15, -0.1) is 0 Å². The van der Waals surface area contributed by atoms with Crippen LogP contribution in [0.25, 0.3) is 128 Å². The number of imidazole rings is 3. The number of hydrogen-bond acceptors (Lipinski definition) is 3. The van der Waals surface area contributed by atoms with Crippen molar-refractivity contribution in [2.24, 2.45) is 0 Å². The molecule has 0 saturated carbocycles. The van der Waals surface area contributed by atoms with Crippen LogP contribution in [-0.4, -0.2) is 28.1 Å². The summed E-state index contributed by atoms with van der Waals surface area (Å²) in [6.07, 6.45) is 5.48. The predicted octanol–water partition coefficient (Wildman–Crippen LogP) is 15.8. The summed E-state index contributed by atoms with van der Waals surface area (Å²) >= 11 is 0. The van der Waals surface area contributed by atoms with E-state index in [1.807, 2.05) is 77.5 Å². The lowest BCUT2D eigenvalue weighted by molar-refractivity contribution is -0.571. The van der Waals surface area contributed by atoms with Crippen molar-refractivity contribution in [2.45, 2.75) is 33.1 Å². The lowest BCUT2D eigenvalue weighted by Gasteiger charge is -2.19. The van der Waals surface area contributed by atoms with Gasteiger partial charge in [0.15, 0.2) is 5.58 Å². The smallest absolute Gasteiger partial charge is 0.269 e. The van der Waals surface area contributed by atoms with E-state index in [0.29, 0.717) is 33.6 Å². The number of nitrogens with zero attached hydrogens (tertiary/aromatic N) is 7. The van der Waals surface area contributed by atoms with Gasteiger partial charge in [-0.1, -0.05) is 172 Å². The van der Waals surface area contributed by atoms with Crippen LogP contribution in [0.1, 0.15) is 45.6 Å². The first-order valence-electron chi connectivity index (χ1n) is 29.4. The van der Waals surface area contributed by atoms with Crippen LogP contribution < -0.4 is 4.57 Å². The van der Waals surface area contributed by atoms with Crippen molar-refractivity contribution in [1.29, 1.82) is 0 Å². The molecule has 0 aliphatic carbocycles. The van der Waals surface area contributed by atoms with Crippen LogP contribution in [0.2, 0.25) is 0 Å². The molecule has 0 saturated heterocycles. The summed E-state index contributed by atoms with van der Waals surface area (Å²) in [7, 11) is 0. The van der Waals surface area contributed by atoms with Crippen molar-refractivity contribution in [3.8, 4) is 45.1 Å². The Balaban J connectivity index is 1.05. The van der Waals surface area contributed by atoms with Gasteiger partial charge in [0, 0.05) is 27.7 Å². The van der Waals surface area contributed by atoms with Crippen LogP contribution >= 0.6 is 0 Å². The molecule has 6 heterocycles. The Morgan fingerprint density at radius 3 is 2.04 bits per heavy atom. The summed E-state index contributed by atoms with van der Waals surface area (Å²) in [6.45, 7) is 8.66. The van der Waals surface area contributed by atoms with E-state index < -0.39 is 60.4 Å². The first-order valence-corrected chi connectivity index (χ1v) is 24.4. The number of benzene rings is 9. The van der Waals surface area contributed by atoms with Gasteiger partial charge in [-0.05, 0) is 100 Å².